The molecule has 0 spiro atoms. The number of H-pyrrole nitrogens is 2. The second-order valence-corrected chi connectivity index (χ2v) is 5.43. The van der Waals surface area contributed by atoms with Crippen LogP contribution in [0.2, 0.25) is 0 Å². The van der Waals surface area contributed by atoms with Gasteiger partial charge in [0.2, 0.25) is 0 Å². The number of para-hydroxylation sites is 1. The number of aromatic nitrogens is 5. The molecular formula is C17H11N5O. The minimum atomic E-state index is 0.157. The number of hydrogen-bond donors (Lipinski definition) is 3. The molecule has 0 aliphatic rings. The van der Waals surface area contributed by atoms with Crippen molar-refractivity contribution in [3.63, 3.8) is 0 Å². The average molecular weight is 301 g/mol. The van der Waals surface area contributed by atoms with Gasteiger partial charge in [-0.25, -0.2) is 15.0 Å². The molecule has 3 N–H and O–H groups in total. The largest absolute Gasteiger partial charge is 0.506 e. The minimum absolute atomic E-state index is 0.157. The molecule has 5 rings (SSSR count). The summed E-state index contributed by atoms with van der Waals surface area (Å²) in [5.74, 6) is 0.714. The molecule has 2 aromatic carbocycles. The van der Waals surface area contributed by atoms with Crippen LogP contribution in [0.3, 0.4) is 0 Å². The summed E-state index contributed by atoms with van der Waals surface area (Å²) in [4.78, 5) is 13.6. The smallest absolute Gasteiger partial charge is 0.179 e. The number of phenols is 1. The predicted molar refractivity (Wildman–Crippen MR) is 88.1 cm³/mol. The summed E-state index contributed by atoms with van der Waals surface area (Å²) < 4.78 is 0. The van der Waals surface area contributed by atoms with E-state index in [1.807, 2.05) is 36.5 Å². The quantitative estimate of drug-likeness (QED) is 0.443. The number of imidazole rings is 1. The van der Waals surface area contributed by atoms with Crippen molar-refractivity contribution in [2.75, 3.05) is 0 Å². The van der Waals surface area contributed by atoms with E-state index in [-0.39, 0.29) is 5.75 Å². The van der Waals surface area contributed by atoms with Crippen LogP contribution in [0, 0.1) is 0 Å². The number of aromatic hydroxyl groups is 1. The van der Waals surface area contributed by atoms with Gasteiger partial charge in [-0.2, -0.15) is 0 Å². The van der Waals surface area contributed by atoms with Crippen molar-refractivity contribution < 1.29 is 5.11 Å². The lowest BCUT2D eigenvalue weighted by Gasteiger charge is -2.01. The third-order valence-electron chi connectivity index (χ3n) is 3.96. The Morgan fingerprint density at radius 2 is 1.74 bits per heavy atom. The molecule has 6 nitrogen and oxygen atoms in total. The SMILES string of the molecule is Oc1cccc2ccc(-c3nc4cc5c[nH][nH]c5cc4n3)nc12. The average Bonchev–Trinajstić information content (AvgIpc) is 3.18. The number of hydrogen-bond acceptors (Lipinski definition) is 4. The lowest BCUT2D eigenvalue weighted by atomic mass is 10.2. The monoisotopic (exact) mass is 301 g/mol. The maximum Gasteiger partial charge on any atom is 0.179 e. The zero-order valence-corrected chi connectivity index (χ0v) is 11.9. The number of rotatable bonds is 1. The number of pyridine rings is 1. The second-order valence-electron chi connectivity index (χ2n) is 5.43. The van der Waals surface area contributed by atoms with E-state index in [2.05, 4.69) is 25.1 Å². The van der Waals surface area contributed by atoms with E-state index in [4.69, 9.17) is 0 Å². The van der Waals surface area contributed by atoms with Crippen LogP contribution in [-0.2, 0) is 0 Å². The van der Waals surface area contributed by atoms with E-state index >= 15 is 0 Å². The van der Waals surface area contributed by atoms with Gasteiger partial charge in [-0.3, -0.25) is 0 Å². The van der Waals surface area contributed by atoms with E-state index in [0.29, 0.717) is 17.0 Å². The number of fused-ring (bicyclic) bond motifs is 3. The molecule has 0 aliphatic heterocycles. The van der Waals surface area contributed by atoms with Gasteiger partial charge < -0.3 is 15.3 Å². The minimum Gasteiger partial charge on any atom is -0.506 e. The lowest BCUT2D eigenvalue weighted by Crippen LogP contribution is -1.87. The zero-order valence-electron chi connectivity index (χ0n) is 11.9. The Morgan fingerprint density at radius 1 is 0.870 bits per heavy atom. The first kappa shape index (κ1) is 12.2. The molecule has 0 bridgehead atoms. The van der Waals surface area contributed by atoms with E-state index in [0.717, 1.165) is 27.3 Å². The zero-order chi connectivity index (χ0) is 15.4. The van der Waals surface area contributed by atoms with Crippen molar-refractivity contribution in [1.29, 1.82) is 0 Å². The van der Waals surface area contributed by atoms with Gasteiger partial charge in [0, 0.05) is 17.0 Å². The van der Waals surface area contributed by atoms with Crippen LogP contribution in [0.15, 0.2) is 48.7 Å². The van der Waals surface area contributed by atoms with Gasteiger partial charge in [0.25, 0.3) is 0 Å². The van der Waals surface area contributed by atoms with Crippen molar-refractivity contribution >= 4 is 32.8 Å². The molecule has 5 aromatic rings. The third-order valence-corrected chi connectivity index (χ3v) is 3.96. The molecule has 3 aromatic heterocycles. The Bertz CT molecular complexity index is 1140. The van der Waals surface area contributed by atoms with Crippen LogP contribution in [0.25, 0.3) is 44.4 Å². The third kappa shape index (κ3) is 1.78. The fourth-order valence-corrected chi connectivity index (χ4v) is 2.82. The van der Waals surface area contributed by atoms with Crippen molar-refractivity contribution in [3.05, 3.63) is 48.7 Å². The topological polar surface area (TPSA) is 90.5 Å². The molecule has 0 fully saturated rings. The van der Waals surface area contributed by atoms with Crippen LogP contribution in [0.4, 0.5) is 0 Å². The van der Waals surface area contributed by atoms with Crippen LogP contribution in [-0.4, -0.2) is 30.3 Å². The van der Waals surface area contributed by atoms with Gasteiger partial charge in [-0.1, -0.05) is 18.2 Å². The van der Waals surface area contributed by atoms with Crippen molar-refractivity contribution in [2.45, 2.75) is 0 Å². The highest BCUT2D eigenvalue weighted by Crippen LogP contribution is 2.27. The van der Waals surface area contributed by atoms with Crippen LogP contribution in [0.1, 0.15) is 0 Å². The summed E-state index contributed by atoms with van der Waals surface area (Å²) in [6, 6.07) is 13.1. The highest BCUT2D eigenvalue weighted by atomic mass is 16.3. The summed E-state index contributed by atoms with van der Waals surface area (Å²) in [7, 11) is 0. The lowest BCUT2D eigenvalue weighted by molar-refractivity contribution is 0.480. The fraction of sp³-hybridized carbons (Fsp3) is 0. The Balaban J connectivity index is 1.74. The summed E-state index contributed by atoms with van der Waals surface area (Å²) in [5, 5.41) is 17.9. The van der Waals surface area contributed by atoms with Crippen LogP contribution >= 0.6 is 0 Å². The first-order chi connectivity index (χ1) is 11.3. The molecule has 0 aliphatic carbocycles. The van der Waals surface area contributed by atoms with E-state index < -0.39 is 0 Å². The summed E-state index contributed by atoms with van der Waals surface area (Å²) in [6.45, 7) is 0. The standard InChI is InChI=1S/C17H11N5O/c23-15-3-1-2-9-4-5-11(19-16(9)15)17-20-13-6-10-8-18-22-12(10)7-14(13)21-17/h1-8,18,22-23H. The molecule has 0 saturated heterocycles. The Morgan fingerprint density at radius 3 is 2.65 bits per heavy atom. The van der Waals surface area contributed by atoms with Crippen LogP contribution < -0.4 is 0 Å². The molecule has 110 valence electrons. The molecule has 0 radical (unpaired) electrons. The second kappa shape index (κ2) is 4.30. The maximum atomic E-state index is 9.97. The highest BCUT2D eigenvalue weighted by molar-refractivity contribution is 5.94. The van der Waals surface area contributed by atoms with Gasteiger partial charge in [-0.05, 0) is 24.3 Å². The summed E-state index contributed by atoms with van der Waals surface area (Å²) in [5.41, 5.74) is 3.81. The van der Waals surface area contributed by atoms with E-state index in [1.54, 1.807) is 12.1 Å². The summed E-state index contributed by atoms with van der Waals surface area (Å²) in [6.07, 6.45) is 1.88. The normalized spacial score (nSPS) is 11.7. The van der Waals surface area contributed by atoms with Crippen molar-refractivity contribution in [1.82, 2.24) is 25.1 Å². The first-order valence-corrected chi connectivity index (χ1v) is 7.20. The summed E-state index contributed by atoms with van der Waals surface area (Å²) >= 11 is 0. The van der Waals surface area contributed by atoms with E-state index in [1.165, 1.54) is 0 Å². The molecular weight excluding hydrogens is 290 g/mol. The molecule has 23 heavy (non-hydrogen) atoms. The van der Waals surface area contributed by atoms with Gasteiger partial charge in [0.15, 0.2) is 5.82 Å². The molecule has 6 heteroatoms. The van der Waals surface area contributed by atoms with E-state index in [9.17, 15) is 5.11 Å². The predicted octanol–water partition coefficient (Wildman–Crippen LogP) is 3.36. The molecule has 3 heterocycles. The number of benzene rings is 2. The molecule has 0 amide bonds. The Labute approximate surface area is 129 Å². The van der Waals surface area contributed by atoms with Gasteiger partial charge in [0.05, 0.1) is 16.6 Å². The van der Waals surface area contributed by atoms with Gasteiger partial charge in [-0.15, -0.1) is 0 Å². The van der Waals surface area contributed by atoms with Gasteiger partial charge >= 0.3 is 0 Å². The van der Waals surface area contributed by atoms with Crippen molar-refractivity contribution in [2.24, 2.45) is 0 Å². The Hall–Kier alpha value is -3.41. The number of nitrogens with zero attached hydrogens (tertiary/aromatic N) is 3. The highest BCUT2D eigenvalue weighted by Gasteiger charge is 2.11. The Kier molecular flexibility index (Phi) is 2.27. The number of phenolic OH excluding ortho intramolecular Hbond substituents is 1. The van der Waals surface area contributed by atoms with Crippen LogP contribution in [0.5, 0.6) is 5.75 Å². The molecule has 0 atom stereocenters. The number of aromatic amines is 2. The van der Waals surface area contributed by atoms with Gasteiger partial charge in [0.1, 0.15) is 17.0 Å². The fourth-order valence-electron chi connectivity index (χ4n) is 2.82. The molecule has 0 unspecified atom stereocenters. The number of nitrogens with one attached hydrogen (secondary N) is 2. The molecule has 0 saturated carbocycles. The van der Waals surface area contributed by atoms with Crippen molar-refractivity contribution in [3.8, 4) is 17.3 Å². The first-order valence-electron chi connectivity index (χ1n) is 7.20. The maximum absolute atomic E-state index is 9.97.